The Balaban J connectivity index is 1.39. The highest BCUT2D eigenvalue weighted by Crippen LogP contribution is 2.38. The highest BCUT2D eigenvalue weighted by molar-refractivity contribution is 6.32. The normalized spacial score (nSPS) is 17.8. The van der Waals surface area contributed by atoms with Crippen LogP contribution in [-0.2, 0) is 4.79 Å². The maximum Gasteiger partial charge on any atom is 0.246 e. The number of aromatic nitrogens is 6. The van der Waals surface area contributed by atoms with E-state index in [1.807, 2.05) is 18.5 Å². The minimum Gasteiger partial charge on any atom is -0.383 e. The zero-order valence-corrected chi connectivity index (χ0v) is 19.0. The molecule has 1 aromatic carbocycles. The molecule has 4 heterocycles. The Kier molecular flexibility index (Phi) is 4.78. The fourth-order valence-electron chi connectivity index (χ4n) is 4.52. The summed E-state index contributed by atoms with van der Waals surface area (Å²) in [4.78, 5) is 26.8. The second-order valence-corrected chi connectivity index (χ2v) is 9.04. The Morgan fingerprint density at radius 3 is 2.82 bits per heavy atom. The number of likely N-dealkylation sites (tertiary alicyclic amines) is 1. The Morgan fingerprint density at radius 1 is 1.18 bits per heavy atom. The number of hydrogen-bond acceptors (Lipinski definition) is 6. The molecule has 6 rings (SSSR count). The third-order valence-electron chi connectivity index (χ3n) is 6.43. The molecule has 10 heteroatoms. The number of hydrogen-bond donors (Lipinski definition) is 1. The molecule has 1 saturated heterocycles. The van der Waals surface area contributed by atoms with Gasteiger partial charge in [0.25, 0.3) is 0 Å². The van der Waals surface area contributed by atoms with E-state index in [0.717, 1.165) is 17.5 Å². The van der Waals surface area contributed by atoms with E-state index in [4.69, 9.17) is 22.4 Å². The summed E-state index contributed by atoms with van der Waals surface area (Å²) < 4.78 is 3.98. The van der Waals surface area contributed by atoms with Gasteiger partial charge in [-0.25, -0.2) is 19.6 Å². The molecule has 34 heavy (non-hydrogen) atoms. The zero-order chi connectivity index (χ0) is 23.4. The second kappa shape index (κ2) is 7.85. The van der Waals surface area contributed by atoms with Gasteiger partial charge in [0.05, 0.1) is 33.8 Å². The molecule has 1 aliphatic heterocycles. The van der Waals surface area contributed by atoms with Crippen molar-refractivity contribution in [1.29, 1.82) is 0 Å². The van der Waals surface area contributed by atoms with E-state index >= 15 is 0 Å². The van der Waals surface area contributed by atoms with Crippen LogP contribution in [0.25, 0.3) is 22.1 Å². The van der Waals surface area contributed by atoms with Gasteiger partial charge >= 0.3 is 0 Å². The molecule has 2 aliphatic rings. The van der Waals surface area contributed by atoms with E-state index < -0.39 is 0 Å². The molecule has 9 nitrogen and oxygen atoms in total. The zero-order valence-electron chi connectivity index (χ0n) is 18.3. The number of fused-ring (bicyclic) bond motifs is 2. The van der Waals surface area contributed by atoms with Crippen LogP contribution in [0.5, 0.6) is 0 Å². The van der Waals surface area contributed by atoms with Crippen LogP contribution in [0, 0.1) is 11.8 Å². The van der Waals surface area contributed by atoms with Gasteiger partial charge in [-0.2, -0.15) is 5.10 Å². The Morgan fingerprint density at radius 2 is 2.03 bits per heavy atom. The Bertz CT molecular complexity index is 1540. The van der Waals surface area contributed by atoms with Crippen LogP contribution in [-0.4, -0.2) is 53.2 Å². The molecule has 0 unspecified atom stereocenters. The minimum absolute atomic E-state index is 0.0393. The van der Waals surface area contributed by atoms with Crippen LogP contribution in [0.15, 0.2) is 37.4 Å². The monoisotopic (exact) mass is 472 g/mol. The Labute approximate surface area is 200 Å². The van der Waals surface area contributed by atoms with Crippen LogP contribution in [0.1, 0.15) is 42.6 Å². The van der Waals surface area contributed by atoms with Crippen LogP contribution >= 0.6 is 11.6 Å². The minimum atomic E-state index is -0.0951. The van der Waals surface area contributed by atoms with Crippen LogP contribution in [0.4, 0.5) is 5.82 Å². The van der Waals surface area contributed by atoms with Crippen molar-refractivity contribution in [1.82, 2.24) is 34.2 Å². The van der Waals surface area contributed by atoms with Gasteiger partial charge in [-0.3, -0.25) is 4.79 Å². The molecule has 170 valence electrons. The lowest BCUT2D eigenvalue weighted by molar-refractivity contribution is -0.125. The van der Waals surface area contributed by atoms with Crippen molar-refractivity contribution >= 4 is 45.4 Å². The summed E-state index contributed by atoms with van der Waals surface area (Å²) in [6, 6.07) is 4.30. The van der Waals surface area contributed by atoms with Crippen molar-refractivity contribution in [3.8, 4) is 11.8 Å². The summed E-state index contributed by atoms with van der Waals surface area (Å²) in [6.07, 6.45) is 7.70. The van der Waals surface area contributed by atoms with E-state index in [0.29, 0.717) is 52.3 Å². The number of halogens is 1. The number of nitrogen functional groups attached to an aromatic ring is 1. The summed E-state index contributed by atoms with van der Waals surface area (Å²) in [5.74, 6) is 6.48. The van der Waals surface area contributed by atoms with Crippen LogP contribution < -0.4 is 5.73 Å². The molecule has 1 atom stereocenters. The molecule has 2 fully saturated rings. The third kappa shape index (κ3) is 3.38. The first kappa shape index (κ1) is 20.7. The van der Waals surface area contributed by atoms with Gasteiger partial charge in [-0.05, 0) is 43.4 Å². The SMILES string of the molecule is C=CC(=O)N1CC[C@H](n2nc(C#Cc3cc4ncn(C5CC5)c4cc3Cl)c3c(N)ncnc32)C1. The van der Waals surface area contributed by atoms with Gasteiger partial charge in [0.1, 0.15) is 17.8 Å². The third-order valence-corrected chi connectivity index (χ3v) is 6.75. The van der Waals surface area contributed by atoms with Crippen molar-refractivity contribution < 1.29 is 4.79 Å². The van der Waals surface area contributed by atoms with Crippen LogP contribution in [0.3, 0.4) is 0 Å². The number of nitrogens with zero attached hydrogens (tertiary/aromatic N) is 7. The first-order chi connectivity index (χ1) is 16.5. The number of carbonyl (C=O) groups excluding carboxylic acids is 1. The second-order valence-electron chi connectivity index (χ2n) is 8.64. The van der Waals surface area contributed by atoms with E-state index in [2.05, 4.69) is 37.9 Å². The van der Waals surface area contributed by atoms with Crippen molar-refractivity contribution in [2.24, 2.45) is 0 Å². The number of nitrogens with two attached hydrogens (primary N) is 1. The van der Waals surface area contributed by atoms with Crippen molar-refractivity contribution in [3.05, 3.63) is 53.7 Å². The largest absolute Gasteiger partial charge is 0.383 e. The summed E-state index contributed by atoms with van der Waals surface area (Å²) in [6.45, 7) is 4.72. The summed E-state index contributed by atoms with van der Waals surface area (Å²) in [5, 5.41) is 5.88. The number of imidazole rings is 1. The lowest BCUT2D eigenvalue weighted by atomic mass is 10.2. The Hall–Kier alpha value is -3.90. The average Bonchev–Trinajstić information content (AvgIpc) is 3.25. The molecule has 1 aliphatic carbocycles. The van der Waals surface area contributed by atoms with Crippen molar-refractivity contribution in [2.45, 2.75) is 31.3 Å². The molecular weight excluding hydrogens is 452 g/mol. The smallest absolute Gasteiger partial charge is 0.246 e. The number of amides is 1. The molecule has 0 spiro atoms. The van der Waals surface area contributed by atoms with E-state index in [1.54, 1.807) is 9.58 Å². The summed E-state index contributed by atoms with van der Waals surface area (Å²) in [5.41, 5.74) is 9.80. The molecule has 4 aromatic rings. The van der Waals surface area contributed by atoms with E-state index in [9.17, 15) is 4.79 Å². The van der Waals surface area contributed by atoms with Gasteiger partial charge in [0, 0.05) is 24.7 Å². The average molecular weight is 473 g/mol. The lowest BCUT2D eigenvalue weighted by Gasteiger charge is -2.14. The number of benzene rings is 1. The van der Waals surface area contributed by atoms with Crippen molar-refractivity contribution in [3.63, 3.8) is 0 Å². The summed E-state index contributed by atoms with van der Waals surface area (Å²) in [7, 11) is 0. The number of anilines is 1. The van der Waals surface area contributed by atoms with Crippen LogP contribution in [0.2, 0.25) is 5.02 Å². The molecule has 1 saturated carbocycles. The van der Waals surface area contributed by atoms with Gasteiger partial charge < -0.3 is 15.2 Å². The number of rotatable bonds is 3. The molecular formula is C24H21ClN8O. The fourth-order valence-corrected chi connectivity index (χ4v) is 4.73. The highest BCUT2D eigenvalue weighted by Gasteiger charge is 2.29. The van der Waals surface area contributed by atoms with Gasteiger partial charge in [0.2, 0.25) is 5.91 Å². The first-order valence-corrected chi connectivity index (χ1v) is 11.5. The topological polar surface area (TPSA) is 108 Å². The molecule has 3 aromatic heterocycles. The number of carbonyl (C=O) groups is 1. The van der Waals surface area contributed by atoms with Crippen molar-refractivity contribution in [2.75, 3.05) is 18.8 Å². The predicted octanol–water partition coefficient (Wildman–Crippen LogP) is 3.11. The maximum atomic E-state index is 12.0. The quantitative estimate of drug-likeness (QED) is 0.362. The maximum absolute atomic E-state index is 12.0. The molecule has 2 N–H and O–H groups in total. The molecule has 0 bridgehead atoms. The van der Waals surface area contributed by atoms with Gasteiger partial charge in [-0.1, -0.05) is 24.1 Å². The van der Waals surface area contributed by atoms with Gasteiger partial charge in [-0.15, -0.1) is 0 Å². The predicted molar refractivity (Wildman–Crippen MR) is 129 cm³/mol. The van der Waals surface area contributed by atoms with E-state index in [1.165, 1.54) is 25.2 Å². The highest BCUT2D eigenvalue weighted by atomic mass is 35.5. The first-order valence-electron chi connectivity index (χ1n) is 11.1. The van der Waals surface area contributed by atoms with E-state index in [-0.39, 0.29) is 11.9 Å². The summed E-state index contributed by atoms with van der Waals surface area (Å²) >= 11 is 6.58. The fraction of sp³-hybridized carbons (Fsp3) is 0.292. The molecule has 1 amide bonds. The lowest BCUT2D eigenvalue weighted by Crippen LogP contribution is -2.27. The standard InChI is InChI=1S/C24H21ClN8O/c1-2-21(34)31-8-7-16(11-31)33-24-22(23(26)27-12-28-24)18(30-33)6-3-14-9-19-20(10-17(14)25)32(13-29-19)15-4-5-15/h2,9-10,12-13,15-16H,1,4-5,7-8,11H2,(H2,26,27,28)/t16-/m0/s1. The molecule has 0 radical (unpaired) electrons. The van der Waals surface area contributed by atoms with Gasteiger partial charge in [0.15, 0.2) is 5.65 Å².